The fourth-order valence-corrected chi connectivity index (χ4v) is 2.91. The first-order valence-corrected chi connectivity index (χ1v) is 7.95. The van der Waals surface area contributed by atoms with E-state index < -0.39 is 0 Å². The molecule has 0 bridgehead atoms. The highest BCUT2D eigenvalue weighted by atomic mass is 16.5. The van der Waals surface area contributed by atoms with Gasteiger partial charge in [-0.1, -0.05) is 27.7 Å². The average Bonchev–Trinajstić information content (AvgIpc) is 2.35. The van der Waals surface area contributed by atoms with Crippen LogP contribution >= 0.6 is 0 Å². The second-order valence-corrected chi connectivity index (χ2v) is 6.26. The van der Waals surface area contributed by atoms with E-state index in [1.807, 2.05) is 0 Å². The molecule has 1 N–H and O–H groups in total. The van der Waals surface area contributed by atoms with Crippen LogP contribution in [0.1, 0.15) is 66.7 Å². The Balaban J connectivity index is 2.21. The summed E-state index contributed by atoms with van der Waals surface area (Å²) in [5, 5.41) is 3.60. The Morgan fingerprint density at radius 1 is 1.11 bits per heavy atom. The van der Waals surface area contributed by atoms with Crippen molar-refractivity contribution in [2.24, 2.45) is 11.8 Å². The van der Waals surface area contributed by atoms with E-state index >= 15 is 0 Å². The fourth-order valence-electron chi connectivity index (χ4n) is 2.91. The predicted molar refractivity (Wildman–Crippen MR) is 78.9 cm³/mol. The summed E-state index contributed by atoms with van der Waals surface area (Å²) in [5.74, 6) is 1.70. The van der Waals surface area contributed by atoms with Gasteiger partial charge in [0.15, 0.2) is 0 Å². The van der Waals surface area contributed by atoms with Crippen molar-refractivity contribution in [3.8, 4) is 0 Å². The third-order valence-electron chi connectivity index (χ3n) is 4.65. The summed E-state index contributed by atoms with van der Waals surface area (Å²) in [5.41, 5.74) is 0. The van der Waals surface area contributed by atoms with E-state index in [0.717, 1.165) is 18.4 Å². The molecule has 2 nitrogen and oxygen atoms in total. The Bertz CT molecular complexity index is 215. The van der Waals surface area contributed by atoms with Crippen molar-refractivity contribution in [3.05, 3.63) is 0 Å². The van der Waals surface area contributed by atoms with Crippen LogP contribution in [0.2, 0.25) is 0 Å². The fraction of sp³-hybridized carbons (Fsp3) is 1.00. The molecule has 108 valence electrons. The minimum absolute atomic E-state index is 0.344. The van der Waals surface area contributed by atoms with Crippen molar-refractivity contribution in [1.29, 1.82) is 0 Å². The third kappa shape index (κ3) is 5.27. The Morgan fingerprint density at radius 3 is 2.33 bits per heavy atom. The zero-order valence-electron chi connectivity index (χ0n) is 13.0. The first-order valence-electron chi connectivity index (χ1n) is 7.95. The third-order valence-corrected chi connectivity index (χ3v) is 4.65. The molecule has 0 saturated heterocycles. The van der Waals surface area contributed by atoms with Gasteiger partial charge in [0.05, 0.1) is 12.2 Å². The van der Waals surface area contributed by atoms with Crippen LogP contribution < -0.4 is 5.32 Å². The molecule has 1 fully saturated rings. The Labute approximate surface area is 114 Å². The van der Waals surface area contributed by atoms with E-state index in [1.165, 1.54) is 32.1 Å². The molecule has 4 unspecified atom stereocenters. The molecule has 0 radical (unpaired) electrons. The van der Waals surface area contributed by atoms with Crippen LogP contribution in [0.25, 0.3) is 0 Å². The number of hydrogen-bond donors (Lipinski definition) is 1. The van der Waals surface area contributed by atoms with E-state index in [4.69, 9.17) is 4.74 Å². The van der Waals surface area contributed by atoms with Crippen LogP contribution in [-0.2, 0) is 4.74 Å². The maximum atomic E-state index is 6.19. The molecule has 18 heavy (non-hydrogen) atoms. The topological polar surface area (TPSA) is 21.3 Å². The van der Waals surface area contributed by atoms with Crippen LogP contribution in [0.3, 0.4) is 0 Å². The molecule has 1 rings (SSSR count). The number of ether oxygens (including phenoxy) is 1. The molecule has 0 heterocycles. The van der Waals surface area contributed by atoms with Gasteiger partial charge < -0.3 is 10.1 Å². The first-order chi connectivity index (χ1) is 8.56. The largest absolute Gasteiger partial charge is 0.374 e. The second kappa shape index (κ2) is 8.16. The summed E-state index contributed by atoms with van der Waals surface area (Å²) in [4.78, 5) is 0. The van der Waals surface area contributed by atoms with Crippen molar-refractivity contribution in [2.75, 3.05) is 6.54 Å². The van der Waals surface area contributed by atoms with Crippen molar-refractivity contribution < 1.29 is 4.74 Å². The van der Waals surface area contributed by atoms with Gasteiger partial charge in [-0.25, -0.2) is 0 Å². The minimum atomic E-state index is 0.344. The number of hydrogen-bond acceptors (Lipinski definition) is 2. The Morgan fingerprint density at radius 2 is 1.78 bits per heavy atom. The van der Waals surface area contributed by atoms with E-state index in [9.17, 15) is 0 Å². The maximum absolute atomic E-state index is 6.19. The lowest BCUT2D eigenvalue weighted by Gasteiger charge is -2.34. The Kier molecular flexibility index (Phi) is 7.25. The van der Waals surface area contributed by atoms with Crippen LogP contribution in [-0.4, -0.2) is 24.8 Å². The second-order valence-electron chi connectivity index (χ2n) is 6.26. The molecule has 1 aliphatic carbocycles. The van der Waals surface area contributed by atoms with Crippen molar-refractivity contribution in [1.82, 2.24) is 5.32 Å². The molecule has 0 aromatic heterocycles. The van der Waals surface area contributed by atoms with Crippen molar-refractivity contribution >= 4 is 0 Å². The quantitative estimate of drug-likeness (QED) is 0.742. The van der Waals surface area contributed by atoms with Gasteiger partial charge in [-0.3, -0.25) is 0 Å². The lowest BCUT2D eigenvalue weighted by Crippen LogP contribution is -2.37. The highest BCUT2D eigenvalue weighted by Crippen LogP contribution is 2.31. The van der Waals surface area contributed by atoms with Crippen LogP contribution in [0.15, 0.2) is 0 Å². The summed E-state index contributed by atoms with van der Waals surface area (Å²) < 4.78 is 6.19. The van der Waals surface area contributed by atoms with Gasteiger partial charge in [-0.05, 0) is 50.9 Å². The van der Waals surface area contributed by atoms with Crippen molar-refractivity contribution in [3.63, 3.8) is 0 Å². The van der Waals surface area contributed by atoms with Gasteiger partial charge >= 0.3 is 0 Å². The average molecular weight is 255 g/mol. The van der Waals surface area contributed by atoms with Gasteiger partial charge in [0.25, 0.3) is 0 Å². The van der Waals surface area contributed by atoms with E-state index in [1.54, 1.807) is 0 Å². The summed E-state index contributed by atoms with van der Waals surface area (Å²) in [6.45, 7) is 12.4. The summed E-state index contributed by atoms with van der Waals surface area (Å²) >= 11 is 0. The van der Waals surface area contributed by atoms with Gasteiger partial charge in [-0.15, -0.1) is 0 Å². The molecule has 0 aliphatic heterocycles. The van der Waals surface area contributed by atoms with Gasteiger partial charge in [0, 0.05) is 12.6 Å². The molecular formula is C16H33NO. The summed E-state index contributed by atoms with van der Waals surface area (Å²) in [7, 11) is 0. The Hall–Kier alpha value is -0.0800. The lowest BCUT2D eigenvalue weighted by atomic mass is 9.80. The first kappa shape index (κ1) is 16.0. The molecular weight excluding hydrogens is 222 g/mol. The van der Waals surface area contributed by atoms with Crippen LogP contribution in [0.5, 0.6) is 0 Å². The van der Waals surface area contributed by atoms with E-state index in [0.29, 0.717) is 18.2 Å². The normalized spacial score (nSPS) is 30.7. The van der Waals surface area contributed by atoms with E-state index in [-0.39, 0.29) is 0 Å². The smallest absolute Gasteiger partial charge is 0.0675 e. The summed E-state index contributed by atoms with van der Waals surface area (Å²) in [6.07, 6.45) is 7.09. The minimum Gasteiger partial charge on any atom is -0.374 e. The molecule has 1 saturated carbocycles. The highest BCUT2D eigenvalue weighted by molar-refractivity contribution is 4.77. The molecule has 0 aromatic carbocycles. The molecule has 1 aliphatic rings. The lowest BCUT2D eigenvalue weighted by molar-refractivity contribution is -0.0392. The monoisotopic (exact) mass is 255 g/mol. The SMILES string of the molecule is CCC(CC)NCC(C)OC1CCC(C)C(C)C1. The number of nitrogens with one attached hydrogen (secondary N) is 1. The standard InChI is InChI=1S/C16H33NO/c1-6-15(7-2)17-11-14(5)18-16-9-8-12(3)13(4)10-16/h12-17H,6-11H2,1-5H3. The molecule has 0 aromatic rings. The molecule has 4 atom stereocenters. The van der Waals surface area contributed by atoms with Gasteiger partial charge in [0.2, 0.25) is 0 Å². The zero-order valence-corrected chi connectivity index (χ0v) is 13.0. The molecule has 2 heteroatoms. The molecule has 0 spiro atoms. The van der Waals surface area contributed by atoms with Crippen LogP contribution in [0, 0.1) is 11.8 Å². The van der Waals surface area contributed by atoms with Crippen molar-refractivity contribution in [2.45, 2.75) is 85.0 Å². The highest BCUT2D eigenvalue weighted by Gasteiger charge is 2.26. The van der Waals surface area contributed by atoms with Gasteiger partial charge in [-0.2, -0.15) is 0 Å². The number of rotatable bonds is 7. The molecule has 0 amide bonds. The maximum Gasteiger partial charge on any atom is 0.0675 e. The predicted octanol–water partition coefficient (Wildman–Crippen LogP) is 3.99. The zero-order chi connectivity index (χ0) is 13.5. The van der Waals surface area contributed by atoms with Crippen LogP contribution in [0.4, 0.5) is 0 Å². The summed E-state index contributed by atoms with van der Waals surface area (Å²) in [6, 6.07) is 0.654. The van der Waals surface area contributed by atoms with E-state index in [2.05, 4.69) is 39.9 Å². The van der Waals surface area contributed by atoms with Gasteiger partial charge in [0.1, 0.15) is 0 Å².